The maximum Gasteiger partial charge on any atom is -0.00130 e. The van der Waals surface area contributed by atoms with Crippen LogP contribution in [0.1, 0.15) is 92.5 Å². The molecule has 2 aromatic carbocycles. The molecule has 152 valence electrons. The number of rotatable bonds is 1. The summed E-state index contributed by atoms with van der Waals surface area (Å²) in [6, 6.07) is 5.03. The standard InChI is InChI=1S/C29H36/c1-17-18(2)26-21(15-23(17)28(4,5)6)14-22-16-24(29(7,8)9)25(19(3)27(22)26)20-12-10-11-13-20/h10-12,15-16H,13-14H2,1-9H3. The summed E-state index contributed by atoms with van der Waals surface area (Å²) in [4.78, 5) is 0. The molecular formula is C29H36. The zero-order chi connectivity index (χ0) is 21.3. The van der Waals surface area contributed by atoms with Gasteiger partial charge in [-0.2, -0.15) is 0 Å². The fourth-order valence-corrected chi connectivity index (χ4v) is 5.47. The van der Waals surface area contributed by atoms with E-state index in [1.165, 1.54) is 61.2 Å². The lowest BCUT2D eigenvalue weighted by Crippen LogP contribution is -2.16. The van der Waals surface area contributed by atoms with Gasteiger partial charge in [0.25, 0.3) is 0 Å². The molecule has 4 rings (SSSR count). The molecule has 0 aliphatic heterocycles. The van der Waals surface area contributed by atoms with E-state index in [9.17, 15) is 0 Å². The molecule has 0 heterocycles. The largest absolute Gasteiger partial charge is 0.0801 e. The first-order valence-corrected chi connectivity index (χ1v) is 11.1. The van der Waals surface area contributed by atoms with Crippen LogP contribution in [0.5, 0.6) is 0 Å². The van der Waals surface area contributed by atoms with Gasteiger partial charge in [0, 0.05) is 0 Å². The van der Waals surface area contributed by atoms with Gasteiger partial charge in [-0.1, -0.05) is 71.9 Å². The molecule has 0 spiro atoms. The molecule has 2 aliphatic rings. The van der Waals surface area contributed by atoms with Crippen molar-refractivity contribution < 1.29 is 0 Å². The third kappa shape index (κ3) is 3.12. The Hall–Kier alpha value is -2.08. The van der Waals surface area contributed by atoms with Gasteiger partial charge in [0.15, 0.2) is 0 Å². The van der Waals surface area contributed by atoms with Crippen molar-refractivity contribution in [2.75, 3.05) is 0 Å². The van der Waals surface area contributed by atoms with Crippen molar-refractivity contribution in [2.45, 2.75) is 86.0 Å². The Bertz CT molecular complexity index is 1070. The summed E-state index contributed by atoms with van der Waals surface area (Å²) in [5.41, 5.74) is 16.8. The molecule has 0 amide bonds. The van der Waals surface area contributed by atoms with Crippen LogP contribution in [0.3, 0.4) is 0 Å². The van der Waals surface area contributed by atoms with Crippen LogP contribution < -0.4 is 0 Å². The summed E-state index contributed by atoms with van der Waals surface area (Å²) < 4.78 is 0. The molecule has 0 aromatic heterocycles. The van der Waals surface area contributed by atoms with Crippen LogP contribution in [0.2, 0.25) is 0 Å². The maximum absolute atomic E-state index is 2.53. The molecule has 0 saturated heterocycles. The lowest BCUT2D eigenvalue weighted by atomic mass is 9.76. The van der Waals surface area contributed by atoms with Crippen molar-refractivity contribution in [1.29, 1.82) is 0 Å². The summed E-state index contributed by atoms with van der Waals surface area (Å²) in [7, 11) is 0. The highest BCUT2D eigenvalue weighted by atomic mass is 14.4. The quantitative estimate of drug-likeness (QED) is 0.397. The van der Waals surface area contributed by atoms with Crippen LogP contribution >= 0.6 is 0 Å². The third-order valence-corrected chi connectivity index (χ3v) is 6.98. The molecule has 0 fully saturated rings. The highest BCUT2D eigenvalue weighted by Gasteiger charge is 2.32. The minimum Gasteiger partial charge on any atom is -0.0801 e. The van der Waals surface area contributed by atoms with Gasteiger partial charge in [-0.3, -0.25) is 0 Å². The van der Waals surface area contributed by atoms with Gasteiger partial charge in [0.2, 0.25) is 0 Å². The summed E-state index contributed by atoms with van der Waals surface area (Å²) in [5.74, 6) is 0. The molecular weight excluding hydrogens is 348 g/mol. The Morgan fingerprint density at radius 1 is 0.655 bits per heavy atom. The topological polar surface area (TPSA) is 0 Å². The van der Waals surface area contributed by atoms with Crippen molar-refractivity contribution in [1.82, 2.24) is 0 Å². The fourth-order valence-electron chi connectivity index (χ4n) is 5.47. The van der Waals surface area contributed by atoms with E-state index in [2.05, 4.69) is 92.7 Å². The summed E-state index contributed by atoms with van der Waals surface area (Å²) in [5, 5.41) is 0. The smallest absolute Gasteiger partial charge is 0.00130 e. The molecule has 0 N–H and O–H groups in total. The fraction of sp³-hybridized carbons (Fsp3) is 0.448. The average Bonchev–Trinajstić information content (AvgIpc) is 3.23. The zero-order valence-electron chi connectivity index (χ0n) is 19.8. The average molecular weight is 385 g/mol. The van der Waals surface area contributed by atoms with E-state index in [-0.39, 0.29) is 10.8 Å². The van der Waals surface area contributed by atoms with Crippen molar-refractivity contribution in [3.63, 3.8) is 0 Å². The van der Waals surface area contributed by atoms with Gasteiger partial charge >= 0.3 is 0 Å². The van der Waals surface area contributed by atoms with E-state index in [0.717, 1.165) is 12.8 Å². The molecule has 0 atom stereocenters. The van der Waals surface area contributed by atoms with E-state index in [0.29, 0.717) is 0 Å². The van der Waals surface area contributed by atoms with Gasteiger partial charge in [-0.15, -0.1) is 0 Å². The van der Waals surface area contributed by atoms with Crippen LogP contribution in [0.25, 0.3) is 16.7 Å². The maximum atomic E-state index is 2.53. The van der Waals surface area contributed by atoms with Gasteiger partial charge in [-0.25, -0.2) is 0 Å². The molecule has 0 bridgehead atoms. The summed E-state index contributed by atoms with van der Waals surface area (Å²) in [6.45, 7) is 21.1. The monoisotopic (exact) mass is 384 g/mol. The Kier molecular flexibility index (Phi) is 4.50. The second-order valence-electron chi connectivity index (χ2n) is 11.2. The number of fused-ring (bicyclic) bond motifs is 3. The zero-order valence-corrected chi connectivity index (χ0v) is 19.8. The summed E-state index contributed by atoms with van der Waals surface area (Å²) >= 11 is 0. The van der Waals surface area contributed by atoms with Gasteiger partial charge in [0.05, 0.1) is 0 Å². The van der Waals surface area contributed by atoms with Gasteiger partial charge in [0.1, 0.15) is 0 Å². The third-order valence-electron chi connectivity index (χ3n) is 6.98. The molecule has 2 aromatic rings. The predicted molar refractivity (Wildman–Crippen MR) is 128 cm³/mol. The highest BCUT2D eigenvalue weighted by Crippen LogP contribution is 2.49. The Balaban J connectivity index is 2.03. The second kappa shape index (κ2) is 6.46. The van der Waals surface area contributed by atoms with E-state index in [1.54, 1.807) is 0 Å². The first-order valence-electron chi connectivity index (χ1n) is 11.1. The van der Waals surface area contributed by atoms with Crippen LogP contribution in [0.15, 0.2) is 30.4 Å². The normalized spacial score (nSPS) is 15.6. The van der Waals surface area contributed by atoms with Crippen LogP contribution in [-0.2, 0) is 17.3 Å². The predicted octanol–water partition coefficient (Wildman–Crippen LogP) is 8.12. The molecule has 0 radical (unpaired) electrons. The molecule has 2 aliphatic carbocycles. The van der Waals surface area contributed by atoms with Gasteiger partial charge < -0.3 is 0 Å². The number of benzene rings is 2. The summed E-state index contributed by atoms with van der Waals surface area (Å²) in [6.07, 6.45) is 8.94. The number of hydrogen-bond acceptors (Lipinski definition) is 0. The lowest BCUT2D eigenvalue weighted by molar-refractivity contribution is 0.585. The van der Waals surface area contributed by atoms with Gasteiger partial charge in [-0.05, 0) is 106 Å². The van der Waals surface area contributed by atoms with Crippen molar-refractivity contribution in [3.8, 4) is 11.1 Å². The van der Waals surface area contributed by atoms with Crippen LogP contribution in [0.4, 0.5) is 0 Å². The lowest BCUT2D eigenvalue weighted by Gasteiger charge is -2.28. The van der Waals surface area contributed by atoms with Crippen LogP contribution in [0, 0.1) is 20.8 Å². The van der Waals surface area contributed by atoms with E-state index in [4.69, 9.17) is 0 Å². The minimum absolute atomic E-state index is 0.134. The molecule has 0 heteroatoms. The SMILES string of the molecule is Cc1c(C(C)(C)C)cc2c(c1C)-c1c(cc(C(C)(C)C)c(C3=CC=CC3)c1C)C2. The highest BCUT2D eigenvalue weighted by molar-refractivity contribution is 5.89. The molecule has 0 unspecified atom stereocenters. The van der Waals surface area contributed by atoms with E-state index in [1.807, 2.05) is 0 Å². The van der Waals surface area contributed by atoms with Crippen molar-refractivity contribution in [3.05, 3.63) is 74.9 Å². The first kappa shape index (κ1) is 20.2. The van der Waals surface area contributed by atoms with E-state index >= 15 is 0 Å². The Morgan fingerprint density at radius 3 is 1.72 bits per heavy atom. The Morgan fingerprint density at radius 2 is 1.21 bits per heavy atom. The molecule has 0 saturated carbocycles. The van der Waals surface area contributed by atoms with Crippen molar-refractivity contribution >= 4 is 5.57 Å². The Labute approximate surface area is 177 Å². The van der Waals surface area contributed by atoms with Crippen LogP contribution in [-0.4, -0.2) is 0 Å². The molecule has 0 nitrogen and oxygen atoms in total. The minimum atomic E-state index is 0.134. The number of allylic oxidation sites excluding steroid dienone is 4. The second-order valence-corrected chi connectivity index (χ2v) is 11.2. The first-order chi connectivity index (χ1) is 13.4. The molecule has 29 heavy (non-hydrogen) atoms. The van der Waals surface area contributed by atoms with E-state index < -0.39 is 0 Å². The van der Waals surface area contributed by atoms with Crippen molar-refractivity contribution in [2.24, 2.45) is 0 Å². The number of hydrogen-bond donors (Lipinski definition) is 0.